The molecule has 2 N–H and O–H groups in total. The minimum Gasteiger partial charge on any atom is -0.459 e. The lowest BCUT2D eigenvalue weighted by Gasteiger charge is -2.08. The Labute approximate surface area is 138 Å². The van der Waals surface area contributed by atoms with Gasteiger partial charge in [-0.3, -0.25) is 4.79 Å². The van der Waals surface area contributed by atoms with Gasteiger partial charge >= 0.3 is 5.97 Å². The maximum absolute atomic E-state index is 13.2. The Morgan fingerprint density at radius 1 is 1.17 bits per heavy atom. The van der Waals surface area contributed by atoms with Gasteiger partial charge in [0.05, 0.1) is 11.7 Å². The Morgan fingerprint density at radius 3 is 2.42 bits per heavy atom. The first-order chi connectivity index (χ1) is 11.2. The molecule has 0 aliphatic rings. The molecule has 0 saturated carbocycles. The van der Waals surface area contributed by atoms with Crippen LogP contribution in [0.5, 0.6) is 0 Å². The first-order valence-electron chi connectivity index (χ1n) is 7.37. The molecule has 0 fully saturated rings. The van der Waals surface area contributed by atoms with Crippen LogP contribution >= 0.6 is 0 Å². The largest absolute Gasteiger partial charge is 0.459 e. The molecule has 1 heterocycles. The zero-order chi connectivity index (χ0) is 18.0. The fraction of sp³-hybridized carbons (Fsp3) is 0.294. The number of carbonyl (C=O) groups excluding carboxylic acids is 2. The first kappa shape index (κ1) is 17.7. The Balaban J connectivity index is 2.27. The van der Waals surface area contributed by atoms with Gasteiger partial charge in [-0.2, -0.15) is 0 Å². The Morgan fingerprint density at radius 2 is 1.83 bits per heavy atom. The molecule has 2 aromatic rings. The van der Waals surface area contributed by atoms with E-state index in [9.17, 15) is 18.4 Å². The van der Waals surface area contributed by atoms with Crippen molar-refractivity contribution in [3.8, 4) is 0 Å². The van der Waals surface area contributed by atoms with Crippen LogP contribution in [-0.4, -0.2) is 23.0 Å². The minimum absolute atomic E-state index is 0.108. The van der Waals surface area contributed by atoms with Gasteiger partial charge in [-0.15, -0.1) is 0 Å². The van der Waals surface area contributed by atoms with Crippen LogP contribution in [0, 0.1) is 25.5 Å². The van der Waals surface area contributed by atoms with Gasteiger partial charge in [0, 0.05) is 17.4 Å². The van der Waals surface area contributed by atoms with E-state index in [0.717, 1.165) is 12.1 Å². The third-order valence-electron chi connectivity index (χ3n) is 3.39. The third kappa shape index (κ3) is 3.61. The number of hydrogen-bond donors (Lipinski definition) is 2. The third-order valence-corrected chi connectivity index (χ3v) is 3.39. The quantitative estimate of drug-likeness (QED) is 0.836. The molecule has 5 nitrogen and oxygen atoms in total. The number of aromatic amines is 1. The summed E-state index contributed by atoms with van der Waals surface area (Å²) in [5, 5.41) is 2.46. The van der Waals surface area contributed by atoms with Gasteiger partial charge in [0.15, 0.2) is 11.6 Å². The Hall–Kier alpha value is -2.70. The maximum Gasteiger partial charge on any atom is 0.340 e. The first-order valence-corrected chi connectivity index (χ1v) is 7.37. The van der Waals surface area contributed by atoms with Crippen LogP contribution in [0.2, 0.25) is 0 Å². The number of carbonyl (C=O) groups is 2. The molecule has 0 atom stereocenters. The number of nitrogens with one attached hydrogen (secondary N) is 2. The lowest BCUT2D eigenvalue weighted by Crippen LogP contribution is -2.15. The van der Waals surface area contributed by atoms with E-state index in [1.807, 2.05) is 0 Å². The van der Waals surface area contributed by atoms with Crippen LogP contribution in [0.4, 0.5) is 14.5 Å². The number of rotatable bonds is 4. The van der Waals surface area contributed by atoms with Gasteiger partial charge in [0.25, 0.3) is 5.91 Å². The number of esters is 1. The zero-order valence-corrected chi connectivity index (χ0v) is 13.8. The highest BCUT2D eigenvalue weighted by Gasteiger charge is 2.23. The molecule has 128 valence electrons. The second kappa shape index (κ2) is 6.82. The van der Waals surface area contributed by atoms with Crippen molar-refractivity contribution in [1.82, 2.24) is 4.98 Å². The van der Waals surface area contributed by atoms with Gasteiger partial charge in [0.1, 0.15) is 5.69 Å². The number of hydrogen-bond acceptors (Lipinski definition) is 3. The van der Waals surface area contributed by atoms with Gasteiger partial charge < -0.3 is 15.0 Å². The molecule has 0 radical (unpaired) electrons. The van der Waals surface area contributed by atoms with Crippen molar-refractivity contribution in [2.24, 2.45) is 0 Å². The molecule has 7 heteroatoms. The number of ether oxygens (including phenoxy) is 1. The van der Waals surface area contributed by atoms with Crippen molar-refractivity contribution >= 4 is 17.6 Å². The average molecular weight is 336 g/mol. The Bertz CT molecular complexity index is 797. The fourth-order valence-corrected chi connectivity index (χ4v) is 2.32. The van der Waals surface area contributed by atoms with E-state index in [2.05, 4.69) is 10.3 Å². The van der Waals surface area contributed by atoms with Crippen LogP contribution in [0.1, 0.15) is 46.0 Å². The van der Waals surface area contributed by atoms with E-state index in [1.54, 1.807) is 27.7 Å². The highest BCUT2D eigenvalue weighted by molar-refractivity contribution is 6.06. The van der Waals surface area contributed by atoms with Gasteiger partial charge in [-0.1, -0.05) is 0 Å². The number of benzene rings is 1. The smallest absolute Gasteiger partial charge is 0.340 e. The van der Waals surface area contributed by atoms with Crippen molar-refractivity contribution in [2.75, 3.05) is 5.32 Å². The standard InChI is InChI=1S/C17H18F2N2O3/c1-8(2)24-17(23)14-9(3)15(20-10(14)4)16(22)21-11-5-6-12(18)13(19)7-11/h5-8,20H,1-4H3,(H,21,22). The number of aryl methyl sites for hydroxylation is 1. The molecular formula is C17H18F2N2O3. The van der Waals surface area contributed by atoms with Gasteiger partial charge in [0.2, 0.25) is 0 Å². The van der Waals surface area contributed by atoms with Crippen LogP contribution in [0.15, 0.2) is 18.2 Å². The van der Waals surface area contributed by atoms with Gasteiger partial charge in [-0.05, 0) is 45.4 Å². The summed E-state index contributed by atoms with van der Waals surface area (Å²) in [6.07, 6.45) is -0.286. The summed E-state index contributed by atoms with van der Waals surface area (Å²) < 4.78 is 31.3. The van der Waals surface area contributed by atoms with Crippen molar-refractivity contribution < 1.29 is 23.1 Å². The molecule has 0 bridgehead atoms. The van der Waals surface area contributed by atoms with Crippen LogP contribution < -0.4 is 5.32 Å². The SMILES string of the molecule is Cc1[nH]c(C(=O)Nc2ccc(F)c(F)c2)c(C)c1C(=O)OC(C)C. The molecule has 24 heavy (non-hydrogen) atoms. The molecule has 0 aliphatic carbocycles. The van der Waals surface area contributed by atoms with E-state index >= 15 is 0 Å². The molecule has 0 saturated heterocycles. The normalized spacial score (nSPS) is 10.8. The average Bonchev–Trinajstić information content (AvgIpc) is 2.77. The molecule has 0 aliphatic heterocycles. The van der Waals surface area contributed by atoms with E-state index < -0.39 is 23.5 Å². The molecule has 1 aromatic heterocycles. The second-order valence-electron chi connectivity index (χ2n) is 5.66. The fourth-order valence-electron chi connectivity index (χ4n) is 2.32. The predicted molar refractivity (Wildman–Crippen MR) is 85.1 cm³/mol. The minimum atomic E-state index is -1.06. The lowest BCUT2D eigenvalue weighted by molar-refractivity contribution is 0.0376. The highest BCUT2D eigenvalue weighted by Crippen LogP contribution is 2.21. The van der Waals surface area contributed by atoms with Gasteiger partial charge in [-0.25, -0.2) is 13.6 Å². The summed E-state index contributed by atoms with van der Waals surface area (Å²) >= 11 is 0. The summed E-state index contributed by atoms with van der Waals surface area (Å²) in [6.45, 7) is 6.72. The number of anilines is 1. The zero-order valence-electron chi connectivity index (χ0n) is 13.8. The monoisotopic (exact) mass is 336 g/mol. The second-order valence-corrected chi connectivity index (χ2v) is 5.66. The summed E-state index contributed by atoms with van der Waals surface area (Å²) in [7, 11) is 0. The maximum atomic E-state index is 13.2. The molecule has 0 spiro atoms. The molecule has 0 unspecified atom stereocenters. The highest BCUT2D eigenvalue weighted by atomic mass is 19.2. The topological polar surface area (TPSA) is 71.2 Å². The summed E-state index contributed by atoms with van der Waals surface area (Å²) in [5.41, 5.74) is 1.48. The number of halogens is 2. The molecule has 2 rings (SSSR count). The summed E-state index contributed by atoms with van der Waals surface area (Å²) in [6, 6.07) is 3.05. The van der Waals surface area contributed by atoms with Crippen LogP contribution in [-0.2, 0) is 4.74 Å². The van der Waals surface area contributed by atoms with Crippen molar-refractivity contribution in [1.29, 1.82) is 0 Å². The van der Waals surface area contributed by atoms with Crippen molar-refractivity contribution in [3.05, 3.63) is 52.3 Å². The van der Waals surface area contributed by atoms with Crippen molar-refractivity contribution in [3.63, 3.8) is 0 Å². The lowest BCUT2D eigenvalue weighted by atomic mass is 10.1. The summed E-state index contributed by atoms with van der Waals surface area (Å²) in [4.78, 5) is 27.3. The molecule has 1 amide bonds. The predicted octanol–water partition coefficient (Wildman–Crippen LogP) is 3.73. The van der Waals surface area contributed by atoms with Crippen LogP contribution in [0.3, 0.4) is 0 Å². The summed E-state index contributed by atoms with van der Waals surface area (Å²) in [5.74, 6) is -3.15. The van der Waals surface area contributed by atoms with Crippen LogP contribution in [0.25, 0.3) is 0 Å². The van der Waals surface area contributed by atoms with E-state index in [4.69, 9.17) is 4.74 Å². The van der Waals surface area contributed by atoms with E-state index in [-0.39, 0.29) is 17.5 Å². The number of amides is 1. The number of aromatic nitrogens is 1. The Kier molecular flexibility index (Phi) is 5.02. The van der Waals surface area contributed by atoms with E-state index in [0.29, 0.717) is 16.8 Å². The molecular weight excluding hydrogens is 318 g/mol. The molecule has 1 aromatic carbocycles. The number of H-pyrrole nitrogens is 1. The van der Waals surface area contributed by atoms with Crippen molar-refractivity contribution in [2.45, 2.75) is 33.8 Å². The van der Waals surface area contributed by atoms with E-state index in [1.165, 1.54) is 6.07 Å².